The average molecular weight is 524 g/mol. The standard InChI is InChI=1S/C28H33N5O3.ClH/c1-6-20-14-22(15-21(7-2)30-20)31-28-29-17-19-13-25(27(34)33(8-3)26(19)32-28)18-11-23(35-9-4)16-24(12-18)36-10-5;/h11-17H,6-10H2,1-5H3,(H,29,30,31,32);1H. The second kappa shape index (κ2) is 12.5. The summed E-state index contributed by atoms with van der Waals surface area (Å²) in [6.45, 7) is 11.5. The van der Waals surface area contributed by atoms with E-state index in [1.165, 1.54) is 0 Å². The average Bonchev–Trinajstić information content (AvgIpc) is 2.88. The molecule has 9 heteroatoms. The summed E-state index contributed by atoms with van der Waals surface area (Å²) in [5, 5.41) is 4.07. The molecular formula is C28H34ClN5O3. The van der Waals surface area contributed by atoms with Gasteiger partial charge in [-0.05, 0) is 69.5 Å². The van der Waals surface area contributed by atoms with Gasteiger partial charge in [0, 0.05) is 46.8 Å². The maximum atomic E-state index is 13.6. The summed E-state index contributed by atoms with van der Waals surface area (Å²) in [4.78, 5) is 27.5. The molecule has 37 heavy (non-hydrogen) atoms. The zero-order chi connectivity index (χ0) is 25.7. The first-order chi connectivity index (χ1) is 17.5. The molecule has 0 aliphatic carbocycles. The van der Waals surface area contributed by atoms with Gasteiger partial charge in [0.1, 0.15) is 17.1 Å². The van der Waals surface area contributed by atoms with Crippen LogP contribution in [0.2, 0.25) is 0 Å². The molecule has 0 saturated carbocycles. The van der Waals surface area contributed by atoms with Gasteiger partial charge in [-0.25, -0.2) is 4.98 Å². The van der Waals surface area contributed by atoms with E-state index in [0.29, 0.717) is 48.4 Å². The van der Waals surface area contributed by atoms with Crippen molar-refractivity contribution in [3.63, 3.8) is 0 Å². The molecule has 196 valence electrons. The molecule has 0 atom stereocenters. The predicted octanol–water partition coefficient (Wildman–Crippen LogP) is 5.96. The molecule has 0 aliphatic heterocycles. The van der Waals surface area contributed by atoms with Gasteiger partial charge in [-0.1, -0.05) is 13.8 Å². The van der Waals surface area contributed by atoms with Crippen LogP contribution in [0.1, 0.15) is 46.0 Å². The Morgan fingerprint density at radius 1 is 0.838 bits per heavy atom. The van der Waals surface area contributed by atoms with Crippen molar-refractivity contribution in [1.29, 1.82) is 0 Å². The Morgan fingerprint density at radius 3 is 2.00 bits per heavy atom. The van der Waals surface area contributed by atoms with Crippen LogP contribution in [0.3, 0.4) is 0 Å². The molecular weight excluding hydrogens is 490 g/mol. The number of ether oxygens (including phenoxy) is 2. The molecule has 0 spiro atoms. The van der Waals surface area contributed by atoms with Crippen molar-refractivity contribution in [3.05, 3.63) is 64.3 Å². The molecule has 0 radical (unpaired) electrons. The molecule has 0 amide bonds. The first-order valence-corrected chi connectivity index (χ1v) is 12.6. The smallest absolute Gasteiger partial charge is 0.260 e. The summed E-state index contributed by atoms with van der Waals surface area (Å²) in [5.41, 5.74) is 4.63. The van der Waals surface area contributed by atoms with Gasteiger partial charge in [0.25, 0.3) is 5.56 Å². The second-order valence-corrected chi connectivity index (χ2v) is 8.31. The van der Waals surface area contributed by atoms with Gasteiger partial charge in [-0.15, -0.1) is 12.4 Å². The van der Waals surface area contributed by atoms with Gasteiger partial charge >= 0.3 is 0 Å². The van der Waals surface area contributed by atoms with Gasteiger partial charge in [0.2, 0.25) is 5.95 Å². The van der Waals surface area contributed by atoms with Crippen LogP contribution in [0.25, 0.3) is 22.2 Å². The highest BCUT2D eigenvalue weighted by atomic mass is 35.5. The number of benzene rings is 1. The normalized spacial score (nSPS) is 10.7. The summed E-state index contributed by atoms with van der Waals surface area (Å²) < 4.78 is 13.1. The first kappa shape index (κ1) is 27.9. The fourth-order valence-corrected chi connectivity index (χ4v) is 4.16. The van der Waals surface area contributed by atoms with Crippen LogP contribution in [-0.2, 0) is 19.4 Å². The zero-order valence-electron chi connectivity index (χ0n) is 22.0. The molecule has 0 fully saturated rings. The predicted molar refractivity (Wildman–Crippen MR) is 151 cm³/mol. The molecule has 3 aromatic heterocycles. The van der Waals surface area contributed by atoms with Gasteiger partial charge in [-0.3, -0.25) is 14.3 Å². The summed E-state index contributed by atoms with van der Waals surface area (Å²) in [5.74, 6) is 1.75. The van der Waals surface area contributed by atoms with Crippen molar-refractivity contribution in [3.8, 4) is 22.6 Å². The third-order valence-electron chi connectivity index (χ3n) is 5.87. The fraction of sp³-hybridized carbons (Fsp3) is 0.357. The van der Waals surface area contributed by atoms with Crippen LogP contribution in [0.5, 0.6) is 11.5 Å². The Labute approximate surface area is 223 Å². The SMILES string of the molecule is CCOc1cc(OCC)cc(-c2cc3cnc(Nc4cc(CC)nc(CC)c4)nc3n(CC)c2=O)c1.Cl. The van der Waals surface area contributed by atoms with Crippen LogP contribution >= 0.6 is 12.4 Å². The number of hydrogen-bond donors (Lipinski definition) is 1. The number of anilines is 2. The lowest BCUT2D eigenvalue weighted by Crippen LogP contribution is -2.22. The van der Waals surface area contributed by atoms with Crippen molar-refractivity contribution < 1.29 is 9.47 Å². The zero-order valence-corrected chi connectivity index (χ0v) is 22.8. The quantitative estimate of drug-likeness (QED) is 0.274. The lowest BCUT2D eigenvalue weighted by molar-refractivity contribution is 0.323. The third-order valence-corrected chi connectivity index (χ3v) is 5.87. The van der Waals surface area contributed by atoms with E-state index in [1.54, 1.807) is 10.8 Å². The summed E-state index contributed by atoms with van der Waals surface area (Å²) in [6.07, 6.45) is 3.43. The van der Waals surface area contributed by atoms with E-state index >= 15 is 0 Å². The van der Waals surface area contributed by atoms with Gasteiger partial charge < -0.3 is 14.8 Å². The lowest BCUT2D eigenvalue weighted by Gasteiger charge is -2.14. The highest BCUT2D eigenvalue weighted by Crippen LogP contribution is 2.30. The van der Waals surface area contributed by atoms with Crippen molar-refractivity contribution >= 4 is 35.1 Å². The summed E-state index contributed by atoms with van der Waals surface area (Å²) in [6, 6.07) is 11.4. The van der Waals surface area contributed by atoms with Crippen molar-refractivity contribution in [1.82, 2.24) is 19.5 Å². The highest BCUT2D eigenvalue weighted by molar-refractivity contribution is 5.85. The summed E-state index contributed by atoms with van der Waals surface area (Å²) in [7, 11) is 0. The van der Waals surface area contributed by atoms with E-state index < -0.39 is 0 Å². The number of aryl methyl sites for hydroxylation is 3. The van der Waals surface area contributed by atoms with Gasteiger partial charge in [0.15, 0.2) is 0 Å². The van der Waals surface area contributed by atoms with Crippen molar-refractivity contribution in [2.75, 3.05) is 18.5 Å². The number of nitrogens with one attached hydrogen (secondary N) is 1. The Morgan fingerprint density at radius 2 is 1.46 bits per heavy atom. The molecule has 8 nitrogen and oxygen atoms in total. The van der Waals surface area contributed by atoms with E-state index in [2.05, 4.69) is 29.1 Å². The number of halogens is 1. The maximum absolute atomic E-state index is 13.6. The lowest BCUT2D eigenvalue weighted by atomic mass is 10.1. The molecule has 1 aromatic carbocycles. The molecule has 3 heterocycles. The molecule has 0 aliphatic rings. The maximum Gasteiger partial charge on any atom is 0.260 e. The molecule has 0 saturated heterocycles. The Hall–Kier alpha value is -3.65. The molecule has 4 aromatic rings. The van der Waals surface area contributed by atoms with Crippen LogP contribution in [-0.4, -0.2) is 32.7 Å². The minimum atomic E-state index is -0.129. The highest BCUT2D eigenvalue weighted by Gasteiger charge is 2.15. The van der Waals surface area contributed by atoms with Crippen molar-refractivity contribution in [2.45, 2.75) is 54.0 Å². The van der Waals surface area contributed by atoms with E-state index in [9.17, 15) is 4.79 Å². The number of pyridine rings is 2. The third kappa shape index (κ3) is 6.20. The minimum absolute atomic E-state index is 0. The Balaban J connectivity index is 0.00000380. The second-order valence-electron chi connectivity index (χ2n) is 8.31. The number of aromatic nitrogens is 4. The van der Waals surface area contributed by atoms with Gasteiger partial charge in [-0.2, -0.15) is 4.98 Å². The number of fused-ring (bicyclic) bond motifs is 1. The molecule has 1 N–H and O–H groups in total. The van der Waals surface area contributed by atoms with Crippen LogP contribution < -0.4 is 20.3 Å². The summed E-state index contributed by atoms with van der Waals surface area (Å²) >= 11 is 0. The number of nitrogens with zero attached hydrogens (tertiary/aromatic N) is 4. The van der Waals surface area contributed by atoms with Gasteiger partial charge in [0.05, 0.1) is 13.2 Å². The Kier molecular flexibility index (Phi) is 9.47. The fourth-order valence-electron chi connectivity index (χ4n) is 4.16. The van der Waals surface area contributed by atoms with Crippen LogP contribution in [0.4, 0.5) is 11.6 Å². The first-order valence-electron chi connectivity index (χ1n) is 12.6. The topological polar surface area (TPSA) is 91.2 Å². The largest absolute Gasteiger partial charge is 0.494 e. The van der Waals surface area contributed by atoms with Crippen molar-refractivity contribution in [2.24, 2.45) is 0 Å². The van der Waals surface area contributed by atoms with E-state index in [-0.39, 0.29) is 18.0 Å². The Bertz CT molecular complexity index is 1390. The monoisotopic (exact) mass is 523 g/mol. The van der Waals surface area contributed by atoms with Crippen LogP contribution in [0.15, 0.2) is 47.4 Å². The molecule has 0 unspecified atom stereocenters. The van der Waals surface area contributed by atoms with E-state index in [1.807, 2.05) is 57.2 Å². The van der Waals surface area contributed by atoms with E-state index in [0.717, 1.165) is 40.9 Å². The van der Waals surface area contributed by atoms with Crippen LogP contribution in [0, 0.1) is 0 Å². The van der Waals surface area contributed by atoms with E-state index in [4.69, 9.17) is 14.5 Å². The molecule has 0 bridgehead atoms. The molecule has 4 rings (SSSR count). The number of hydrogen-bond acceptors (Lipinski definition) is 7. The number of rotatable bonds is 10. The minimum Gasteiger partial charge on any atom is -0.494 e.